The van der Waals surface area contributed by atoms with Crippen molar-refractivity contribution in [2.45, 2.75) is 44.1 Å². The Morgan fingerprint density at radius 2 is 1.88 bits per heavy atom. The maximum absolute atomic E-state index is 13.4. The van der Waals surface area contributed by atoms with Gasteiger partial charge in [-0.1, -0.05) is 12.1 Å². The average Bonchev–Trinajstić information content (AvgIpc) is 3.46. The third-order valence-electron chi connectivity index (χ3n) is 7.63. The van der Waals surface area contributed by atoms with Gasteiger partial charge in [-0.3, -0.25) is 9.69 Å². The molecule has 0 saturated heterocycles. The highest BCUT2D eigenvalue weighted by molar-refractivity contribution is 5.98. The highest BCUT2D eigenvalue weighted by atomic mass is 19.3. The van der Waals surface area contributed by atoms with Crippen molar-refractivity contribution >= 4 is 16.9 Å². The Morgan fingerprint density at radius 1 is 1.12 bits per heavy atom. The van der Waals surface area contributed by atoms with E-state index < -0.39 is 36.6 Å². The number of ether oxygens (including phenoxy) is 1. The molecule has 0 spiro atoms. The summed E-state index contributed by atoms with van der Waals surface area (Å²) in [4.78, 5) is 27.3. The molecule has 1 amide bonds. The highest BCUT2D eigenvalue weighted by Crippen LogP contribution is 2.51. The summed E-state index contributed by atoms with van der Waals surface area (Å²) in [7, 11) is 0. The number of hydrogen-bond acceptors (Lipinski definition) is 10. The quantitative estimate of drug-likeness (QED) is 0.227. The van der Waals surface area contributed by atoms with Crippen LogP contribution in [0.2, 0.25) is 0 Å². The summed E-state index contributed by atoms with van der Waals surface area (Å²) in [5, 5.41) is 48.8. The van der Waals surface area contributed by atoms with Crippen LogP contribution in [0.1, 0.15) is 52.5 Å². The van der Waals surface area contributed by atoms with E-state index in [1.54, 1.807) is 35.2 Å². The van der Waals surface area contributed by atoms with E-state index in [9.17, 15) is 34.0 Å². The summed E-state index contributed by atoms with van der Waals surface area (Å²) in [6.45, 7) is -3.42. The average molecular weight is 579 g/mol. The first-order chi connectivity index (χ1) is 20.1. The van der Waals surface area contributed by atoms with Gasteiger partial charge in [0, 0.05) is 41.9 Å². The Labute approximate surface area is 236 Å². The molecule has 42 heavy (non-hydrogen) atoms. The standard InChI is InChI=1S/C28H24F2N6O6/c29-27(30)42-22-3-1-2-17-24(22)20-9-21(36(26(17)38)28(39,40)41)25-34-18-6-5-15(8-19(18)35(20)25)16-11-32-23(33-12-16)7-4-14(10-31)13-37/h1-3,5-6,8,11-12,14,20-21,27,37,39-41H,4,7,9,13H2/t14?,20-,21-/m1/s1. The van der Waals surface area contributed by atoms with Crippen molar-refractivity contribution in [3.63, 3.8) is 0 Å². The van der Waals surface area contributed by atoms with E-state index in [-0.39, 0.29) is 35.7 Å². The molecule has 0 fully saturated rings. The number of carbonyl (C=O) groups is 1. The maximum Gasteiger partial charge on any atom is 0.387 e. The van der Waals surface area contributed by atoms with Gasteiger partial charge in [-0.05, 0) is 36.2 Å². The van der Waals surface area contributed by atoms with Crippen LogP contribution in [0, 0.1) is 17.2 Å². The van der Waals surface area contributed by atoms with Crippen LogP contribution in [0.15, 0.2) is 48.8 Å². The Bertz CT molecular complexity index is 1720. The number of aliphatic hydroxyl groups is 4. The Balaban J connectivity index is 1.45. The van der Waals surface area contributed by atoms with Crippen LogP contribution in [0.5, 0.6) is 5.75 Å². The molecule has 2 aliphatic rings. The summed E-state index contributed by atoms with van der Waals surface area (Å²) in [6, 6.07) is 9.41. The molecule has 2 aromatic carbocycles. The molecule has 14 heteroatoms. The minimum absolute atomic E-state index is 0.00359. The fraction of sp³-hybridized carbons (Fsp3) is 0.321. The number of alkyl halides is 2. The number of nitriles is 1. The number of hydrogen-bond donors (Lipinski definition) is 4. The zero-order valence-electron chi connectivity index (χ0n) is 21.8. The predicted octanol–water partition coefficient (Wildman–Crippen LogP) is 2.24. The van der Waals surface area contributed by atoms with Crippen LogP contribution in [0.4, 0.5) is 8.78 Å². The first-order valence-electron chi connectivity index (χ1n) is 13.0. The second-order valence-electron chi connectivity index (χ2n) is 10.1. The number of amides is 1. The van der Waals surface area contributed by atoms with E-state index in [2.05, 4.69) is 15.0 Å². The lowest BCUT2D eigenvalue weighted by molar-refractivity contribution is -0.385. The maximum atomic E-state index is 13.4. The number of aromatic nitrogens is 4. The summed E-state index contributed by atoms with van der Waals surface area (Å²) in [5.74, 6) is -1.00. The molecule has 2 bridgehead atoms. The number of carbonyl (C=O) groups excluding carboxylic acids is 1. The molecule has 4 N–H and O–H groups in total. The summed E-state index contributed by atoms with van der Waals surface area (Å²) in [6.07, 6.45) is 0.515. The highest BCUT2D eigenvalue weighted by Gasteiger charge is 2.52. The lowest BCUT2D eigenvalue weighted by atomic mass is 9.97. The number of aliphatic hydroxyl groups excluding tert-OH is 1. The number of aryl methyl sites for hydroxylation is 1. The minimum atomic E-state index is -3.56. The molecule has 3 atom stereocenters. The lowest BCUT2D eigenvalue weighted by Gasteiger charge is -2.34. The van der Waals surface area contributed by atoms with Crippen molar-refractivity contribution in [1.82, 2.24) is 24.4 Å². The smallest absolute Gasteiger partial charge is 0.387 e. The SMILES string of the molecule is N#CC(CO)CCc1ncc(-c2ccc3nc4n(c3c2)[C@@H]2C[C@H]4N(C(O)(O)O)C(=O)c3cccc(OC(F)F)c32)cn1. The van der Waals surface area contributed by atoms with Crippen LogP contribution in [0.3, 0.4) is 0 Å². The first kappa shape index (κ1) is 27.6. The van der Waals surface area contributed by atoms with Crippen LogP contribution < -0.4 is 4.74 Å². The zero-order chi connectivity index (χ0) is 29.8. The van der Waals surface area contributed by atoms with Crippen molar-refractivity contribution in [1.29, 1.82) is 5.26 Å². The van der Waals surface area contributed by atoms with Crippen molar-refractivity contribution in [2.24, 2.45) is 5.92 Å². The van der Waals surface area contributed by atoms with Gasteiger partial charge in [-0.25, -0.2) is 15.0 Å². The van der Waals surface area contributed by atoms with E-state index in [0.29, 0.717) is 45.7 Å². The number of benzene rings is 2. The zero-order valence-corrected chi connectivity index (χ0v) is 21.8. The molecule has 0 aliphatic carbocycles. The first-order valence-corrected chi connectivity index (χ1v) is 13.0. The van der Waals surface area contributed by atoms with Gasteiger partial charge < -0.3 is 29.7 Å². The molecule has 0 radical (unpaired) electrons. The molecule has 216 valence electrons. The molecule has 6 rings (SSSR count). The molecule has 12 nitrogen and oxygen atoms in total. The van der Waals surface area contributed by atoms with Crippen molar-refractivity contribution in [2.75, 3.05) is 6.61 Å². The second-order valence-corrected chi connectivity index (χ2v) is 10.1. The number of imidazole rings is 1. The molecule has 0 saturated carbocycles. The summed E-state index contributed by atoms with van der Waals surface area (Å²) in [5.41, 5.74) is 2.38. The Hall–Kier alpha value is -4.55. The van der Waals surface area contributed by atoms with Gasteiger partial charge in [0.2, 0.25) is 0 Å². The van der Waals surface area contributed by atoms with E-state index >= 15 is 0 Å². The third kappa shape index (κ3) is 4.62. The van der Waals surface area contributed by atoms with Gasteiger partial charge in [0.15, 0.2) is 0 Å². The van der Waals surface area contributed by atoms with Crippen molar-refractivity contribution in [3.05, 3.63) is 71.6 Å². The summed E-state index contributed by atoms with van der Waals surface area (Å²) < 4.78 is 33.3. The van der Waals surface area contributed by atoms with E-state index in [1.807, 2.05) is 6.07 Å². The minimum Gasteiger partial charge on any atom is -0.434 e. The monoisotopic (exact) mass is 578 g/mol. The lowest BCUT2D eigenvalue weighted by Crippen LogP contribution is -2.53. The number of nitrogens with zero attached hydrogens (tertiary/aromatic N) is 6. The van der Waals surface area contributed by atoms with Crippen LogP contribution in [0.25, 0.3) is 22.2 Å². The molecule has 4 heterocycles. The molecular formula is C28H24F2N6O6. The van der Waals surface area contributed by atoms with E-state index in [1.165, 1.54) is 18.2 Å². The van der Waals surface area contributed by atoms with Crippen LogP contribution in [-0.4, -0.2) is 70.1 Å². The predicted molar refractivity (Wildman–Crippen MR) is 139 cm³/mol. The van der Waals surface area contributed by atoms with Gasteiger partial charge in [0.25, 0.3) is 5.91 Å². The van der Waals surface area contributed by atoms with E-state index in [0.717, 1.165) is 0 Å². The van der Waals surface area contributed by atoms with Crippen LogP contribution in [-0.2, 0) is 6.42 Å². The fourth-order valence-corrected chi connectivity index (χ4v) is 5.77. The molecule has 2 aliphatic heterocycles. The topological polar surface area (TPSA) is 178 Å². The molecule has 4 aromatic rings. The largest absolute Gasteiger partial charge is 0.434 e. The van der Waals surface area contributed by atoms with Gasteiger partial charge in [0.1, 0.15) is 23.4 Å². The van der Waals surface area contributed by atoms with Crippen molar-refractivity contribution < 1.29 is 38.7 Å². The Kier molecular flexibility index (Phi) is 6.82. The van der Waals surface area contributed by atoms with Gasteiger partial charge >= 0.3 is 12.7 Å². The normalized spacial score (nSPS) is 18.5. The van der Waals surface area contributed by atoms with Gasteiger partial charge in [-0.15, -0.1) is 0 Å². The third-order valence-corrected chi connectivity index (χ3v) is 7.63. The summed E-state index contributed by atoms with van der Waals surface area (Å²) >= 11 is 0. The number of halogens is 2. The number of fused-ring (bicyclic) bond motifs is 9. The molecule has 2 aromatic heterocycles. The van der Waals surface area contributed by atoms with Gasteiger partial charge in [-0.2, -0.15) is 14.0 Å². The van der Waals surface area contributed by atoms with Crippen LogP contribution >= 0.6 is 0 Å². The van der Waals surface area contributed by atoms with Crippen molar-refractivity contribution in [3.8, 4) is 22.9 Å². The van der Waals surface area contributed by atoms with E-state index in [4.69, 9.17) is 10.00 Å². The Morgan fingerprint density at radius 3 is 2.55 bits per heavy atom. The molecular weight excluding hydrogens is 554 g/mol. The van der Waals surface area contributed by atoms with Gasteiger partial charge in [0.05, 0.1) is 35.7 Å². The number of rotatable bonds is 8. The fourth-order valence-electron chi connectivity index (χ4n) is 5.77. The second kappa shape index (κ2) is 10.4. The molecule has 1 unspecified atom stereocenters.